The SMILES string of the molecule is O=C(c1cc(Br)ccn1)C(F)F. The Morgan fingerprint density at radius 2 is 2.25 bits per heavy atom. The topological polar surface area (TPSA) is 30.0 Å². The highest BCUT2D eigenvalue weighted by atomic mass is 79.9. The van der Waals surface area contributed by atoms with Crippen molar-refractivity contribution in [2.24, 2.45) is 0 Å². The van der Waals surface area contributed by atoms with Gasteiger partial charge in [-0.15, -0.1) is 0 Å². The Morgan fingerprint density at radius 1 is 1.58 bits per heavy atom. The van der Waals surface area contributed by atoms with Gasteiger partial charge in [0.25, 0.3) is 0 Å². The summed E-state index contributed by atoms with van der Waals surface area (Å²) in [5, 5.41) is 0. The van der Waals surface area contributed by atoms with Crippen molar-refractivity contribution < 1.29 is 13.6 Å². The Labute approximate surface area is 75.7 Å². The van der Waals surface area contributed by atoms with Gasteiger partial charge in [-0.25, -0.2) is 8.78 Å². The summed E-state index contributed by atoms with van der Waals surface area (Å²) in [4.78, 5) is 14.2. The largest absolute Gasteiger partial charge is 0.302 e. The van der Waals surface area contributed by atoms with E-state index in [-0.39, 0.29) is 5.69 Å². The molecule has 12 heavy (non-hydrogen) atoms. The summed E-state index contributed by atoms with van der Waals surface area (Å²) in [6, 6.07) is 2.82. The van der Waals surface area contributed by atoms with Crippen molar-refractivity contribution in [3.63, 3.8) is 0 Å². The van der Waals surface area contributed by atoms with E-state index < -0.39 is 12.2 Å². The molecule has 0 fully saturated rings. The minimum Gasteiger partial charge on any atom is -0.286 e. The second-order valence-electron chi connectivity index (χ2n) is 2.02. The molecule has 1 aromatic rings. The van der Waals surface area contributed by atoms with E-state index in [1.165, 1.54) is 12.3 Å². The fraction of sp³-hybridized carbons (Fsp3) is 0.143. The van der Waals surface area contributed by atoms with E-state index in [9.17, 15) is 13.6 Å². The second kappa shape index (κ2) is 3.71. The molecule has 0 amide bonds. The molecule has 64 valence electrons. The van der Waals surface area contributed by atoms with Crippen LogP contribution in [0.2, 0.25) is 0 Å². The van der Waals surface area contributed by atoms with Crippen LogP contribution < -0.4 is 0 Å². The monoisotopic (exact) mass is 235 g/mol. The van der Waals surface area contributed by atoms with E-state index in [2.05, 4.69) is 20.9 Å². The summed E-state index contributed by atoms with van der Waals surface area (Å²) >= 11 is 3.04. The molecule has 0 radical (unpaired) electrons. The van der Waals surface area contributed by atoms with Crippen LogP contribution in [0, 0.1) is 0 Å². The molecule has 1 heterocycles. The normalized spacial score (nSPS) is 10.3. The molecule has 0 aliphatic rings. The van der Waals surface area contributed by atoms with Gasteiger partial charge in [-0.2, -0.15) is 0 Å². The lowest BCUT2D eigenvalue weighted by atomic mass is 10.2. The van der Waals surface area contributed by atoms with Crippen molar-refractivity contribution in [1.82, 2.24) is 4.98 Å². The van der Waals surface area contributed by atoms with Crippen LogP contribution in [0.25, 0.3) is 0 Å². The summed E-state index contributed by atoms with van der Waals surface area (Å²) in [7, 11) is 0. The number of Topliss-reactive ketones (excluding diaryl/α,β-unsaturated/α-hetero) is 1. The number of carbonyl (C=O) groups is 1. The average molecular weight is 236 g/mol. The van der Waals surface area contributed by atoms with E-state index in [0.717, 1.165) is 0 Å². The first-order valence-electron chi connectivity index (χ1n) is 3.05. The standard InChI is InChI=1S/C7H4BrF2NO/c8-4-1-2-11-5(3-4)6(12)7(9)10/h1-3,7H. The molecule has 0 aliphatic carbocycles. The predicted octanol–water partition coefficient (Wildman–Crippen LogP) is 2.29. The van der Waals surface area contributed by atoms with Crippen LogP contribution in [0.4, 0.5) is 8.78 Å². The van der Waals surface area contributed by atoms with Gasteiger partial charge in [0.2, 0.25) is 5.78 Å². The van der Waals surface area contributed by atoms with Gasteiger partial charge in [0, 0.05) is 10.7 Å². The van der Waals surface area contributed by atoms with Crippen LogP contribution in [-0.4, -0.2) is 17.2 Å². The lowest BCUT2D eigenvalue weighted by molar-refractivity contribution is 0.0673. The van der Waals surface area contributed by atoms with Crippen molar-refractivity contribution in [3.8, 4) is 0 Å². The predicted molar refractivity (Wildman–Crippen MR) is 42.3 cm³/mol. The molecular formula is C7H4BrF2NO. The highest BCUT2D eigenvalue weighted by molar-refractivity contribution is 9.10. The molecule has 0 bridgehead atoms. The van der Waals surface area contributed by atoms with Crippen molar-refractivity contribution in [1.29, 1.82) is 0 Å². The molecular weight excluding hydrogens is 232 g/mol. The minimum atomic E-state index is -2.99. The van der Waals surface area contributed by atoms with Crippen molar-refractivity contribution in [2.75, 3.05) is 0 Å². The van der Waals surface area contributed by atoms with Gasteiger partial charge in [-0.05, 0) is 12.1 Å². The summed E-state index contributed by atoms with van der Waals surface area (Å²) in [6.45, 7) is 0. The number of ketones is 1. The highest BCUT2D eigenvalue weighted by Crippen LogP contribution is 2.11. The number of alkyl halides is 2. The quantitative estimate of drug-likeness (QED) is 0.737. The summed E-state index contributed by atoms with van der Waals surface area (Å²) in [6.07, 6.45) is -1.70. The second-order valence-corrected chi connectivity index (χ2v) is 2.94. The number of nitrogens with zero attached hydrogens (tertiary/aromatic N) is 1. The molecule has 2 nitrogen and oxygen atoms in total. The van der Waals surface area contributed by atoms with Crippen molar-refractivity contribution in [2.45, 2.75) is 6.43 Å². The van der Waals surface area contributed by atoms with Crippen LogP contribution in [0.15, 0.2) is 22.8 Å². The Bertz CT molecular complexity index is 303. The van der Waals surface area contributed by atoms with Gasteiger partial charge >= 0.3 is 6.43 Å². The van der Waals surface area contributed by atoms with Crippen molar-refractivity contribution >= 4 is 21.7 Å². The number of pyridine rings is 1. The number of hydrogen-bond acceptors (Lipinski definition) is 2. The number of carbonyl (C=O) groups excluding carboxylic acids is 1. The Kier molecular flexibility index (Phi) is 2.86. The van der Waals surface area contributed by atoms with Crippen LogP contribution in [0.5, 0.6) is 0 Å². The Morgan fingerprint density at radius 3 is 2.75 bits per heavy atom. The summed E-state index contributed by atoms with van der Waals surface area (Å²) in [5.41, 5.74) is -0.223. The molecule has 0 saturated heterocycles. The molecule has 0 atom stereocenters. The third kappa shape index (κ3) is 2.07. The number of hydrogen-bond donors (Lipinski definition) is 0. The first-order valence-corrected chi connectivity index (χ1v) is 3.84. The fourth-order valence-corrected chi connectivity index (χ4v) is 0.986. The zero-order valence-corrected chi connectivity index (χ0v) is 7.38. The van der Waals surface area contributed by atoms with Gasteiger partial charge in [0.1, 0.15) is 5.69 Å². The molecule has 1 rings (SSSR count). The molecule has 1 aromatic heterocycles. The molecule has 0 aliphatic heterocycles. The van der Waals surface area contributed by atoms with E-state index in [1.807, 2.05) is 0 Å². The van der Waals surface area contributed by atoms with Crippen LogP contribution in [0.1, 0.15) is 10.5 Å². The van der Waals surface area contributed by atoms with E-state index in [0.29, 0.717) is 4.47 Å². The van der Waals surface area contributed by atoms with Gasteiger partial charge in [-0.1, -0.05) is 15.9 Å². The van der Waals surface area contributed by atoms with Crippen LogP contribution in [0.3, 0.4) is 0 Å². The molecule has 0 spiro atoms. The first kappa shape index (κ1) is 9.25. The molecule has 0 N–H and O–H groups in total. The van der Waals surface area contributed by atoms with Crippen molar-refractivity contribution in [3.05, 3.63) is 28.5 Å². The number of rotatable bonds is 2. The van der Waals surface area contributed by atoms with Crippen LogP contribution in [-0.2, 0) is 0 Å². The Hall–Kier alpha value is -0.840. The lowest BCUT2D eigenvalue weighted by Gasteiger charge is -1.97. The summed E-state index contributed by atoms with van der Waals surface area (Å²) in [5.74, 6) is -1.25. The smallest absolute Gasteiger partial charge is 0.286 e. The molecule has 0 aromatic carbocycles. The Balaban J connectivity index is 2.96. The first-order chi connectivity index (χ1) is 5.61. The zero-order valence-electron chi connectivity index (χ0n) is 5.80. The summed E-state index contributed by atoms with van der Waals surface area (Å²) < 4.78 is 24.2. The minimum absolute atomic E-state index is 0.223. The van der Waals surface area contributed by atoms with Gasteiger partial charge in [0.15, 0.2) is 0 Å². The van der Waals surface area contributed by atoms with E-state index in [1.54, 1.807) is 6.07 Å². The maximum atomic E-state index is 11.8. The molecule has 5 heteroatoms. The molecule has 0 unspecified atom stereocenters. The third-order valence-electron chi connectivity index (χ3n) is 1.17. The van der Waals surface area contributed by atoms with Gasteiger partial charge in [0.05, 0.1) is 0 Å². The highest BCUT2D eigenvalue weighted by Gasteiger charge is 2.18. The molecule has 0 saturated carbocycles. The zero-order chi connectivity index (χ0) is 9.14. The van der Waals surface area contributed by atoms with Crippen LogP contribution >= 0.6 is 15.9 Å². The van der Waals surface area contributed by atoms with Gasteiger partial charge in [-0.3, -0.25) is 9.78 Å². The fourth-order valence-electron chi connectivity index (χ4n) is 0.651. The third-order valence-corrected chi connectivity index (χ3v) is 1.67. The van der Waals surface area contributed by atoms with Gasteiger partial charge < -0.3 is 0 Å². The van der Waals surface area contributed by atoms with E-state index in [4.69, 9.17) is 0 Å². The lowest BCUT2D eigenvalue weighted by Crippen LogP contribution is -2.11. The number of halogens is 3. The maximum Gasteiger partial charge on any atom is 0.302 e. The van der Waals surface area contributed by atoms with E-state index >= 15 is 0 Å². The average Bonchev–Trinajstić information content (AvgIpc) is 2.03. The maximum absolute atomic E-state index is 11.8. The number of aromatic nitrogens is 1.